The Labute approximate surface area is 133 Å². The van der Waals surface area contributed by atoms with Gasteiger partial charge in [-0.05, 0) is 36.8 Å². The first kappa shape index (κ1) is 14.2. The normalized spacial score (nSPS) is 17.9. The zero-order chi connectivity index (χ0) is 16.0. The van der Waals surface area contributed by atoms with Gasteiger partial charge in [-0.1, -0.05) is 24.3 Å². The Morgan fingerprint density at radius 1 is 1.17 bits per heavy atom. The van der Waals surface area contributed by atoms with Crippen molar-refractivity contribution in [2.75, 3.05) is 10.8 Å². The van der Waals surface area contributed by atoms with Gasteiger partial charge in [0.05, 0.1) is 10.6 Å². The van der Waals surface area contributed by atoms with Gasteiger partial charge in [-0.2, -0.15) is 5.10 Å². The molecule has 0 aromatic heterocycles. The SMILES string of the molecule is O=C(CN1c2cccc3cccc(c23)S1(=O)=O)NN=C1CCC1. The molecule has 0 saturated heterocycles. The van der Waals surface area contributed by atoms with Crippen molar-refractivity contribution in [3.8, 4) is 0 Å². The fourth-order valence-electron chi connectivity index (χ4n) is 2.88. The Kier molecular flexibility index (Phi) is 3.12. The Balaban J connectivity index is 1.67. The molecule has 1 N–H and O–H groups in total. The Hall–Kier alpha value is -2.41. The zero-order valence-corrected chi connectivity index (χ0v) is 13.1. The van der Waals surface area contributed by atoms with Gasteiger partial charge in [0.1, 0.15) is 6.54 Å². The molecule has 1 saturated carbocycles. The maximum Gasteiger partial charge on any atom is 0.265 e. The Morgan fingerprint density at radius 3 is 2.61 bits per heavy atom. The van der Waals surface area contributed by atoms with Crippen LogP contribution < -0.4 is 9.73 Å². The molecule has 7 heteroatoms. The molecule has 2 aliphatic rings. The first-order valence-corrected chi connectivity index (χ1v) is 8.90. The number of sulfonamides is 1. The monoisotopic (exact) mass is 329 g/mol. The van der Waals surface area contributed by atoms with Gasteiger partial charge in [0, 0.05) is 11.1 Å². The summed E-state index contributed by atoms with van der Waals surface area (Å²) in [5.41, 5.74) is 3.95. The number of carbonyl (C=O) groups is 1. The van der Waals surface area contributed by atoms with E-state index in [-0.39, 0.29) is 11.4 Å². The molecule has 118 valence electrons. The summed E-state index contributed by atoms with van der Waals surface area (Å²) in [6.07, 6.45) is 2.88. The third-order valence-corrected chi connectivity index (χ3v) is 6.04. The molecule has 23 heavy (non-hydrogen) atoms. The van der Waals surface area contributed by atoms with Crippen molar-refractivity contribution in [2.45, 2.75) is 24.2 Å². The summed E-state index contributed by atoms with van der Waals surface area (Å²) >= 11 is 0. The minimum absolute atomic E-state index is 0.253. The predicted molar refractivity (Wildman–Crippen MR) is 87.9 cm³/mol. The molecule has 0 atom stereocenters. The number of carbonyl (C=O) groups excluding carboxylic acids is 1. The smallest absolute Gasteiger partial charge is 0.265 e. The fraction of sp³-hybridized carbons (Fsp3) is 0.250. The molecular weight excluding hydrogens is 314 g/mol. The number of benzene rings is 2. The highest BCUT2D eigenvalue weighted by atomic mass is 32.2. The molecule has 0 radical (unpaired) electrons. The molecule has 0 unspecified atom stereocenters. The van der Waals surface area contributed by atoms with Gasteiger partial charge < -0.3 is 0 Å². The van der Waals surface area contributed by atoms with Gasteiger partial charge in [-0.3, -0.25) is 9.10 Å². The lowest BCUT2D eigenvalue weighted by atomic mass is 9.98. The minimum atomic E-state index is -3.70. The van der Waals surface area contributed by atoms with Crippen molar-refractivity contribution in [2.24, 2.45) is 5.10 Å². The topological polar surface area (TPSA) is 78.8 Å². The number of hydrogen-bond donors (Lipinski definition) is 1. The van der Waals surface area contributed by atoms with Crippen molar-refractivity contribution in [3.05, 3.63) is 36.4 Å². The predicted octanol–water partition coefficient (Wildman–Crippen LogP) is 2.00. The number of amides is 1. The van der Waals surface area contributed by atoms with E-state index in [1.165, 1.54) is 0 Å². The number of nitrogens with one attached hydrogen (secondary N) is 1. The molecule has 6 nitrogen and oxygen atoms in total. The zero-order valence-electron chi connectivity index (χ0n) is 12.3. The van der Waals surface area contributed by atoms with Crippen molar-refractivity contribution in [1.29, 1.82) is 0 Å². The quantitative estimate of drug-likeness (QED) is 0.875. The van der Waals surface area contributed by atoms with Gasteiger partial charge in [-0.25, -0.2) is 13.8 Å². The molecule has 0 spiro atoms. The lowest BCUT2D eigenvalue weighted by molar-refractivity contribution is -0.119. The fourth-order valence-corrected chi connectivity index (χ4v) is 4.55. The number of hydrogen-bond acceptors (Lipinski definition) is 4. The maximum absolute atomic E-state index is 12.7. The van der Waals surface area contributed by atoms with Crippen LogP contribution in [0.2, 0.25) is 0 Å². The van der Waals surface area contributed by atoms with Crippen LogP contribution in [-0.2, 0) is 14.8 Å². The summed E-state index contributed by atoms with van der Waals surface area (Å²) < 4.78 is 26.6. The van der Waals surface area contributed by atoms with Crippen LogP contribution in [0.4, 0.5) is 5.69 Å². The van der Waals surface area contributed by atoms with Crippen molar-refractivity contribution >= 4 is 38.1 Å². The summed E-state index contributed by atoms with van der Waals surface area (Å²) in [6, 6.07) is 10.5. The van der Waals surface area contributed by atoms with Crippen molar-refractivity contribution in [1.82, 2.24) is 5.43 Å². The number of nitrogens with zero attached hydrogens (tertiary/aromatic N) is 2. The van der Waals surface area contributed by atoms with Crippen LogP contribution in [0, 0.1) is 0 Å². The summed E-state index contributed by atoms with van der Waals surface area (Å²) in [7, 11) is -3.70. The van der Waals surface area contributed by atoms with Crippen LogP contribution in [-0.4, -0.2) is 26.6 Å². The second kappa shape index (κ2) is 5.06. The van der Waals surface area contributed by atoms with Gasteiger partial charge >= 0.3 is 0 Å². The molecule has 1 fully saturated rings. The van der Waals surface area contributed by atoms with Crippen LogP contribution >= 0.6 is 0 Å². The molecule has 2 aromatic carbocycles. The van der Waals surface area contributed by atoms with Crippen LogP contribution in [0.15, 0.2) is 46.4 Å². The molecule has 1 aliphatic heterocycles. The Bertz CT molecular complexity index is 939. The van der Waals surface area contributed by atoms with E-state index in [1.807, 2.05) is 12.1 Å². The van der Waals surface area contributed by atoms with E-state index in [0.717, 1.165) is 34.7 Å². The molecule has 2 aromatic rings. The minimum Gasteiger partial charge on any atom is -0.271 e. The van der Waals surface area contributed by atoms with E-state index in [9.17, 15) is 13.2 Å². The van der Waals surface area contributed by atoms with E-state index in [2.05, 4.69) is 10.5 Å². The highest BCUT2D eigenvalue weighted by Crippen LogP contribution is 2.41. The Morgan fingerprint density at radius 2 is 1.91 bits per heavy atom. The third kappa shape index (κ3) is 2.19. The molecular formula is C16H15N3O3S. The molecule has 1 aliphatic carbocycles. The van der Waals surface area contributed by atoms with E-state index in [1.54, 1.807) is 24.3 Å². The number of rotatable bonds is 3. The first-order chi connectivity index (χ1) is 11.1. The van der Waals surface area contributed by atoms with Gasteiger partial charge in [0.2, 0.25) is 0 Å². The number of anilines is 1. The van der Waals surface area contributed by atoms with Crippen LogP contribution in [0.3, 0.4) is 0 Å². The van der Waals surface area contributed by atoms with E-state index >= 15 is 0 Å². The highest BCUT2D eigenvalue weighted by molar-refractivity contribution is 7.93. The summed E-state index contributed by atoms with van der Waals surface area (Å²) in [6.45, 7) is -0.271. The standard InChI is InChI=1S/C16H15N3O3S/c20-15(18-17-12-6-3-7-12)10-19-13-8-1-4-11-5-2-9-14(16(11)13)23(19,21)22/h1-2,4-5,8-9H,3,6-7,10H2,(H,18,20). The summed E-state index contributed by atoms with van der Waals surface area (Å²) in [5, 5.41) is 5.54. The second-order valence-electron chi connectivity index (χ2n) is 5.71. The largest absolute Gasteiger partial charge is 0.271 e. The number of hydrazone groups is 1. The molecule has 4 rings (SSSR count). The van der Waals surface area contributed by atoms with E-state index in [4.69, 9.17) is 0 Å². The van der Waals surface area contributed by atoms with Crippen LogP contribution in [0.1, 0.15) is 19.3 Å². The lowest BCUT2D eigenvalue weighted by Crippen LogP contribution is -2.37. The molecule has 1 heterocycles. The van der Waals surface area contributed by atoms with Gasteiger partial charge in [-0.15, -0.1) is 0 Å². The second-order valence-corrected chi connectivity index (χ2v) is 7.54. The summed E-state index contributed by atoms with van der Waals surface area (Å²) in [5.74, 6) is -0.433. The highest BCUT2D eigenvalue weighted by Gasteiger charge is 2.36. The van der Waals surface area contributed by atoms with E-state index < -0.39 is 15.9 Å². The lowest BCUT2D eigenvalue weighted by Gasteiger charge is -2.18. The first-order valence-electron chi connectivity index (χ1n) is 7.46. The van der Waals surface area contributed by atoms with Crippen molar-refractivity contribution < 1.29 is 13.2 Å². The molecule has 1 amide bonds. The third-order valence-electron chi connectivity index (χ3n) is 4.24. The average Bonchev–Trinajstić information content (AvgIpc) is 2.70. The molecule has 0 bridgehead atoms. The van der Waals surface area contributed by atoms with Crippen molar-refractivity contribution in [3.63, 3.8) is 0 Å². The van der Waals surface area contributed by atoms with Crippen LogP contribution in [0.5, 0.6) is 0 Å². The average molecular weight is 329 g/mol. The maximum atomic E-state index is 12.7. The van der Waals surface area contributed by atoms with Gasteiger partial charge in [0.15, 0.2) is 0 Å². The van der Waals surface area contributed by atoms with E-state index in [0.29, 0.717) is 11.1 Å². The summed E-state index contributed by atoms with van der Waals surface area (Å²) in [4.78, 5) is 12.3. The van der Waals surface area contributed by atoms with Gasteiger partial charge in [0.25, 0.3) is 15.9 Å². The van der Waals surface area contributed by atoms with Crippen LogP contribution in [0.25, 0.3) is 10.8 Å².